The fraction of sp³-hybridized carbons (Fsp3) is 0.583. The number of furan rings is 1. The molecule has 1 saturated heterocycles. The molecular formula is C12H17NO3. The predicted molar refractivity (Wildman–Crippen MR) is 59.2 cm³/mol. The van der Waals surface area contributed by atoms with E-state index in [1.54, 1.807) is 6.07 Å². The highest BCUT2D eigenvalue weighted by Gasteiger charge is 2.28. The van der Waals surface area contributed by atoms with Crippen LogP contribution in [0.3, 0.4) is 0 Å². The first kappa shape index (κ1) is 11.4. The van der Waals surface area contributed by atoms with Gasteiger partial charge in [-0.1, -0.05) is 0 Å². The minimum absolute atomic E-state index is 0.360. The summed E-state index contributed by atoms with van der Waals surface area (Å²) in [6.07, 6.45) is 2.55. The third-order valence-corrected chi connectivity index (χ3v) is 2.93. The highest BCUT2D eigenvalue weighted by atomic mass is 16.3. The maximum atomic E-state index is 10.5. The van der Waals surface area contributed by atoms with Crippen LogP contribution < -0.4 is 0 Å². The van der Waals surface area contributed by atoms with E-state index in [9.17, 15) is 9.90 Å². The molecule has 4 heteroatoms. The Morgan fingerprint density at radius 3 is 3.06 bits per heavy atom. The first-order valence-corrected chi connectivity index (χ1v) is 5.58. The maximum absolute atomic E-state index is 10.5. The van der Waals surface area contributed by atoms with Crippen LogP contribution in [0.25, 0.3) is 0 Å². The first-order valence-electron chi connectivity index (χ1n) is 5.58. The Hall–Kier alpha value is -1.13. The number of nitrogens with zero attached hydrogens (tertiary/aromatic N) is 1. The number of carbonyl (C=O) groups excluding carboxylic acids is 1. The molecule has 1 N–H and O–H groups in total. The number of aliphatic hydroxyl groups is 1. The first-order chi connectivity index (χ1) is 7.59. The van der Waals surface area contributed by atoms with Crippen LogP contribution >= 0.6 is 0 Å². The molecule has 0 bridgehead atoms. The molecule has 0 saturated carbocycles. The van der Waals surface area contributed by atoms with Gasteiger partial charge in [-0.05, 0) is 38.4 Å². The van der Waals surface area contributed by atoms with Gasteiger partial charge in [0.05, 0.1) is 12.1 Å². The van der Waals surface area contributed by atoms with Crippen molar-refractivity contribution in [2.24, 2.45) is 0 Å². The lowest BCUT2D eigenvalue weighted by Gasteiger charge is -2.36. The van der Waals surface area contributed by atoms with Gasteiger partial charge >= 0.3 is 0 Å². The monoisotopic (exact) mass is 223 g/mol. The van der Waals surface area contributed by atoms with Gasteiger partial charge in [0.2, 0.25) is 0 Å². The summed E-state index contributed by atoms with van der Waals surface area (Å²) in [5.74, 6) is 1.14. The summed E-state index contributed by atoms with van der Waals surface area (Å²) in [5.41, 5.74) is -0.599. The van der Waals surface area contributed by atoms with Gasteiger partial charge < -0.3 is 9.52 Å². The number of likely N-dealkylation sites (tertiary alicyclic amines) is 1. The normalized spacial score (nSPS) is 26.9. The fourth-order valence-corrected chi connectivity index (χ4v) is 2.22. The van der Waals surface area contributed by atoms with Crippen LogP contribution in [0.1, 0.15) is 36.1 Å². The van der Waals surface area contributed by atoms with E-state index in [-0.39, 0.29) is 0 Å². The standard InChI is InChI=1S/C12H17NO3/c1-12(15)5-2-6-13(9-12)7-10-3-4-11(8-14)16-10/h3-4,8,15H,2,5-7,9H2,1H3. The Bertz CT molecular complexity index is 370. The second-order valence-electron chi connectivity index (χ2n) is 4.73. The van der Waals surface area contributed by atoms with E-state index >= 15 is 0 Å². The van der Waals surface area contributed by atoms with Crippen molar-refractivity contribution in [2.45, 2.75) is 31.9 Å². The number of hydrogen-bond acceptors (Lipinski definition) is 4. The molecule has 0 amide bonds. The van der Waals surface area contributed by atoms with E-state index in [4.69, 9.17) is 4.42 Å². The van der Waals surface area contributed by atoms with Crippen LogP contribution in [0.4, 0.5) is 0 Å². The highest BCUT2D eigenvalue weighted by molar-refractivity contribution is 5.70. The lowest BCUT2D eigenvalue weighted by Crippen LogP contribution is -2.45. The van der Waals surface area contributed by atoms with Crippen LogP contribution in [-0.4, -0.2) is 35.0 Å². The molecule has 1 fully saturated rings. The SMILES string of the molecule is CC1(O)CCCN(Cc2ccc(C=O)o2)C1. The van der Waals surface area contributed by atoms with E-state index in [0.29, 0.717) is 25.1 Å². The summed E-state index contributed by atoms with van der Waals surface area (Å²) in [5, 5.41) is 9.95. The Morgan fingerprint density at radius 2 is 2.44 bits per heavy atom. The number of β-amino-alcohol motifs (C(OH)–C–C–N with tert-alkyl or cyclic N) is 1. The van der Waals surface area contributed by atoms with Crippen LogP contribution in [0.2, 0.25) is 0 Å². The largest absolute Gasteiger partial charge is 0.457 e. The third-order valence-electron chi connectivity index (χ3n) is 2.93. The van der Waals surface area contributed by atoms with Crippen LogP contribution in [0.5, 0.6) is 0 Å². The molecule has 16 heavy (non-hydrogen) atoms. The number of piperidine rings is 1. The molecule has 1 aromatic rings. The summed E-state index contributed by atoms with van der Waals surface area (Å²) < 4.78 is 5.31. The van der Waals surface area contributed by atoms with Crippen molar-refractivity contribution in [1.29, 1.82) is 0 Å². The maximum Gasteiger partial charge on any atom is 0.185 e. The molecular weight excluding hydrogens is 206 g/mol. The van der Waals surface area contributed by atoms with Gasteiger partial charge in [0, 0.05) is 6.54 Å². The summed E-state index contributed by atoms with van der Waals surface area (Å²) in [6.45, 7) is 4.14. The highest BCUT2D eigenvalue weighted by Crippen LogP contribution is 2.22. The Balaban J connectivity index is 1.96. The second kappa shape index (κ2) is 4.39. The smallest absolute Gasteiger partial charge is 0.185 e. The summed E-state index contributed by atoms with van der Waals surface area (Å²) in [4.78, 5) is 12.6. The quantitative estimate of drug-likeness (QED) is 0.788. The minimum Gasteiger partial charge on any atom is -0.457 e. The lowest BCUT2D eigenvalue weighted by atomic mass is 9.95. The van der Waals surface area contributed by atoms with Crippen molar-refractivity contribution in [2.75, 3.05) is 13.1 Å². The van der Waals surface area contributed by atoms with Gasteiger partial charge in [0.1, 0.15) is 5.76 Å². The van der Waals surface area contributed by atoms with Crippen molar-refractivity contribution in [3.63, 3.8) is 0 Å². The topological polar surface area (TPSA) is 53.7 Å². The molecule has 0 radical (unpaired) electrons. The average molecular weight is 223 g/mol. The number of rotatable bonds is 3. The zero-order chi connectivity index (χ0) is 11.6. The molecule has 1 atom stereocenters. The third kappa shape index (κ3) is 2.71. The molecule has 1 aliphatic rings. The van der Waals surface area contributed by atoms with Crippen LogP contribution in [0.15, 0.2) is 16.5 Å². The zero-order valence-electron chi connectivity index (χ0n) is 9.48. The summed E-state index contributed by atoms with van der Waals surface area (Å²) in [6, 6.07) is 3.48. The molecule has 4 nitrogen and oxygen atoms in total. The van der Waals surface area contributed by atoms with Crippen molar-refractivity contribution in [3.05, 3.63) is 23.7 Å². The Morgan fingerprint density at radius 1 is 1.62 bits per heavy atom. The molecule has 0 aliphatic carbocycles. The van der Waals surface area contributed by atoms with E-state index in [2.05, 4.69) is 4.90 Å². The number of carbonyl (C=O) groups is 1. The molecule has 1 aromatic heterocycles. The molecule has 88 valence electrons. The molecule has 1 aliphatic heterocycles. The van der Waals surface area contributed by atoms with Gasteiger partial charge in [0.15, 0.2) is 12.0 Å². The van der Waals surface area contributed by atoms with Gasteiger partial charge in [-0.15, -0.1) is 0 Å². The predicted octanol–water partition coefficient (Wildman–Crippen LogP) is 1.44. The van der Waals surface area contributed by atoms with E-state index < -0.39 is 5.60 Å². The van der Waals surface area contributed by atoms with Gasteiger partial charge in [0.25, 0.3) is 0 Å². The Kier molecular flexibility index (Phi) is 3.12. The zero-order valence-corrected chi connectivity index (χ0v) is 9.48. The molecule has 1 unspecified atom stereocenters. The lowest BCUT2D eigenvalue weighted by molar-refractivity contribution is -0.0199. The van der Waals surface area contributed by atoms with Crippen LogP contribution in [0, 0.1) is 0 Å². The van der Waals surface area contributed by atoms with Gasteiger partial charge in [-0.25, -0.2) is 0 Å². The Labute approximate surface area is 94.9 Å². The number of aldehydes is 1. The average Bonchev–Trinajstić information content (AvgIpc) is 2.64. The van der Waals surface area contributed by atoms with E-state index in [0.717, 1.165) is 25.1 Å². The molecule has 0 aromatic carbocycles. The van der Waals surface area contributed by atoms with E-state index in [1.807, 2.05) is 13.0 Å². The van der Waals surface area contributed by atoms with Crippen molar-refractivity contribution in [1.82, 2.24) is 4.90 Å². The fourth-order valence-electron chi connectivity index (χ4n) is 2.22. The summed E-state index contributed by atoms with van der Waals surface area (Å²) in [7, 11) is 0. The molecule has 0 spiro atoms. The summed E-state index contributed by atoms with van der Waals surface area (Å²) >= 11 is 0. The molecule has 2 heterocycles. The van der Waals surface area contributed by atoms with Gasteiger partial charge in [-0.2, -0.15) is 0 Å². The number of hydrogen-bond donors (Lipinski definition) is 1. The van der Waals surface area contributed by atoms with Crippen molar-refractivity contribution in [3.8, 4) is 0 Å². The second-order valence-corrected chi connectivity index (χ2v) is 4.73. The minimum atomic E-state index is -0.599. The molecule has 2 rings (SSSR count). The van der Waals surface area contributed by atoms with E-state index in [1.165, 1.54) is 0 Å². The van der Waals surface area contributed by atoms with Crippen LogP contribution in [-0.2, 0) is 6.54 Å². The van der Waals surface area contributed by atoms with Gasteiger partial charge in [-0.3, -0.25) is 9.69 Å². The van der Waals surface area contributed by atoms with Crippen molar-refractivity contribution >= 4 is 6.29 Å². The van der Waals surface area contributed by atoms with Crippen molar-refractivity contribution < 1.29 is 14.3 Å².